The summed E-state index contributed by atoms with van der Waals surface area (Å²) in [6, 6.07) is 0.275. The summed E-state index contributed by atoms with van der Waals surface area (Å²) in [7, 11) is 0. The molecule has 1 aliphatic carbocycles. The highest BCUT2D eigenvalue weighted by Gasteiger charge is 2.34. The third-order valence-corrected chi connectivity index (χ3v) is 4.43. The number of aryl methyl sites for hydroxylation is 1. The van der Waals surface area contributed by atoms with Gasteiger partial charge in [-0.1, -0.05) is 25.6 Å². The van der Waals surface area contributed by atoms with E-state index in [0.29, 0.717) is 10.7 Å². The Labute approximate surface area is 101 Å². The van der Waals surface area contributed by atoms with Gasteiger partial charge in [-0.2, -0.15) is 0 Å². The number of hydrogen-bond acceptors (Lipinski definition) is 4. The lowest BCUT2D eigenvalue weighted by Crippen LogP contribution is -2.41. The normalized spacial score (nSPS) is 29.2. The molecule has 5 heteroatoms. The number of aromatic amines is 1. The first-order valence-corrected chi connectivity index (χ1v) is 6.65. The van der Waals surface area contributed by atoms with Crippen molar-refractivity contribution in [2.75, 3.05) is 0 Å². The Morgan fingerprint density at radius 2 is 2.25 bits per heavy atom. The van der Waals surface area contributed by atoms with Crippen LogP contribution in [0.1, 0.15) is 38.9 Å². The van der Waals surface area contributed by atoms with E-state index in [0.717, 1.165) is 23.8 Å². The standard InChI is InChI=1S/C11H20N4S/c1-7-13-10(15-14-7)16-9-6-11(2,3)5-4-8(9)12/h8-9H,4-6,12H2,1-3H3,(H,13,14,15). The topological polar surface area (TPSA) is 67.6 Å². The molecular weight excluding hydrogens is 220 g/mol. The second kappa shape index (κ2) is 4.37. The van der Waals surface area contributed by atoms with Crippen molar-refractivity contribution >= 4 is 11.8 Å². The number of nitrogens with two attached hydrogens (primary N) is 1. The van der Waals surface area contributed by atoms with Crippen LogP contribution in [0, 0.1) is 12.3 Å². The van der Waals surface area contributed by atoms with Crippen LogP contribution in [0.3, 0.4) is 0 Å². The van der Waals surface area contributed by atoms with Crippen molar-refractivity contribution < 1.29 is 0 Å². The fourth-order valence-electron chi connectivity index (χ4n) is 2.18. The fourth-order valence-corrected chi connectivity index (χ4v) is 3.58. The summed E-state index contributed by atoms with van der Waals surface area (Å²) >= 11 is 1.72. The molecule has 1 aromatic heterocycles. The summed E-state index contributed by atoms with van der Waals surface area (Å²) in [6.45, 7) is 6.55. The molecule has 1 heterocycles. The summed E-state index contributed by atoms with van der Waals surface area (Å²) in [4.78, 5) is 4.33. The van der Waals surface area contributed by atoms with Crippen LogP contribution in [0.5, 0.6) is 0 Å². The van der Waals surface area contributed by atoms with E-state index in [-0.39, 0.29) is 6.04 Å². The van der Waals surface area contributed by atoms with Crippen LogP contribution in [0.4, 0.5) is 0 Å². The van der Waals surface area contributed by atoms with Gasteiger partial charge < -0.3 is 5.73 Å². The maximum absolute atomic E-state index is 6.17. The highest BCUT2D eigenvalue weighted by Crippen LogP contribution is 2.41. The van der Waals surface area contributed by atoms with Crippen LogP contribution in [-0.4, -0.2) is 26.5 Å². The maximum atomic E-state index is 6.17. The molecule has 0 spiro atoms. The van der Waals surface area contributed by atoms with E-state index in [2.05, 4.69) is 29.0 Å². The summed E-state index contributed by atoms with van der Waals surface area (Å²) in [5.41, 5.74) is 6.57. The molecule has 1 aliphatic rings. The molecule has 3 N–H and O–H groups in total. The van der Waals surface area contributed by atoms with Crippen molar-refractivity contribution in [1.82, 2.24) is 15.2 Å². The number of nitrogens with one attached hydrogen (secondary N) is 1. The maximum Gasteiger partial charge on any atom is 0.208 e. The highest BCUT2D eigenvalue weighted by atomic mass is 32.2. The van der Waals surface area contributed by atoms with Gasteiger partial charge >= 0.3 is 0 Å². The van der Waals surface area contributed by atoms with Crippen molar-refractivity contribution in [3.8, 4) is 0 Å². The third-order valence-electron chi connectivity index (χ3n) is 3.22. The van der Waals surface area contributed by atoms with E-state index in [1.54, 1.807) is 11.8 Å². The van der Waals surface area contributed by atoms with Crippen LogP contribution in [0.15, 0.2) is 5.16 Å². The van der Waals surface area contributed by atoms with Crippen LogP contribution >= 0.6 is 11.8 Å². The SMILES string of the molecule is Cc1nc(SC2CC(C)(C)CCC2N)n[nH]1. The van der Waals surface area contributed by atoms with Crippen molar-refractivity contribution in [3.63, 3.8) is 0 Å². The molecule has 16 heavy (non-hydrogen) atoms. The highest BCUT2D eigenvalue weighted by molar-refractivity contribution is 7.99. The van der Waals surface area contributed by atoms with Gasteiger partial charge in [0.2, 0.25) is 5.16 Å². The van der Waals surface area contributed by atoms with Gasteiger partial charge in [0, 0.05) is 11.3 Å². The quantitative estimate of drug-likeness (QED) is 0.831. The molecule has 2 atom stereocenters. The smallest absolute Gasteiger partial charge is 0.208 e. The van der Waals surface area contributed by atoms with Gasteiger partial charge in [0.05, 0.1) is 0 Å². The van der Waals surface area contributed by atoms with Crippen molar-refractivity contribution in [2.24, 2.45) is 11.1 Å². The predicted octanol–water partition coefficient (Wildman–Crippen LogP) is 2.11. The molecule has 2 unspecified atom stereocenters. The molecule has 0 bridgehead atoms. The zero-order valence-corrected chi connectivity index (χ0v) is 11.0. The summed E-state index contributed by atoms with van der Waals surface area (Å²) in [6.07, 6.45) is 3.47. The average molecular weight is 240 g/mol. The first kappa shape index (κ1) is 11.9. The Morgan fingerprint density at radius 3 is 2.88 bits per heavy atom. The molecule has 0 aromatic carbocycles. The minimum Gasteiger partial charge on any atom is -0.327 e. The minimum absolute atomic E-state index is 0.275. The summed E-state index contributed by atoms with van der Waals surface area (Å²) in [5, 5.41) is 8.31. The van der Waals surface area contributed by atoms with Crippen LogP contribution in [-0.2, 0) is 0 Å². The van der Waals surface area contributed by atoms with Gasteiger partial charge in [0.15, 0.2) is 0 Å². The number of nitrogens with zero attached hydrogens (tertiary/aromatic N) is 2. The Hall–Kier alpha value is -0.550. The molecule has 1 aromatic rings. The molecule has 0 saturated heterocycles. The van der Waals surface area contributed by atoms with Gasteiger partial charge in [-0.05, 0) is 31.6 Å². The monoisotopic (exact) mass is 240 g/mol. The summed E-state index contributed by atoms with van der Waals surface area (Å²) < 4.78 is 0. The fraction of sp³-hybridized carbons (Fsp3) is 0.818. The Balaban J connectivity index is 2.02. The zero-order chi connectivity index (χ0) is 11.8. The Kier molecular flexibility index (Phi) is 3.26. The molecule has 4 nitrogen and oxygen atoms in total. The van der Waals surface area contributed by atoms with E-state index in [1.807, 2.05) is 6.92 Å². The van der Waals surface area contributed by atoms with Gasteiger partial charge in [-0.3, -0.25) is 5.10 Å². The molecule has 0 amide bonds. The molecule has 0 radical (unpaired) electrons. The Bertz CT molecular complexity index is 361. The predicted molar refractivity (Wildman–Crippen MR) is 66.4 cm³/mol. The first-order valence-electron chi connectivity index (χ1n) is 5.77. The lowest BCUT2D eigenvalue weighted by Gasteiger charge is -2.38. The minimum atomic E-state index is 0.275. The molecule has 2 rings (SSSR count). The number of thioether (sulfide) groups is 1. The second-order valence-electron chi connectivity index (χ2n) is 5.43. The molecule has 0 aliphatic heterocycles. The second-order valence-corrected chi connectivity index (χ2v) is 6.64. The van der Waals surface area contributed by atoms with Gasteiger partial charge in [0.1, 0.15) is 5.82 Å². The van der Waals surface area contributed by atoms with E-state index in [9.17, 15) is 0 Å². The van der Waals surface area contributed by atoms with E-state index < -0.39 is 0 Å². The number of aromatic nitrogens is 3. The molecular formula is C11H20N4S. The van der Waals surface area contributed by atoms with Crippen molar-refractivity contribution in [3.05, 3.63) is 5.82 Å². The summed E-state index contributed by atoms with van der Waals surface area (Å²) in [5.74, 6) is 0.867. The van der Waals surface area contributed by atoms with Crippen LogP contribution < -0.4 is 5.73 Å². The number of hydrogen-bond donors (Lipinski definition) is 2. The van der Waals surface area contributed by atoms with Crippen molar-refractivity contribution in [1.29, 1.82) is 0 Å². The average Bonchev–Trinajstić information content (AvgIpc) is 2.58. The van der Waals surface area contributed by atoms with E-state index >= 15 is 0 Å². The molecule has 1 saturated carbocycles. The van der Waals surface area contributed by atoms with Crippen LogP contribution in [0.2, 0.25) is 0 Å². The molecule has 1 fully saturated rings. The van der Waals surface area contributed by atoms with Crippen LogP contribution in [0.25, 0.3) is 0 Å². The lowest BCUT2D eigenvalue weighted by molar-refractivity contribution is 0.232. The van der Waals surface area contributed by atoms with E-state index in [4.69, 9.17) is 5.73 Å². The van der Waals surface area contributed by atoms with Gasteiger partial charge in [0.25, 0.3) is 0 Å². The van der Waals surface area contributed by atoms with Gasteiger partial charge in [-0.15, -0.1) is 5.10 Å². The third kappa shape index (κ3) is 2.77. The number of H-pyrrole nitrogens is 1. The van der Waals surface area contributed by atoms with E-state index in [1.165, 1.54) is 6.42 Å². The molecule has 90 valence electrons. The Morgan fingerprint density at radius 1 is 1.50 bits per heavy atom. The zero-order valence-electron chi connectivity index (χ0n) is 10.2. The lowest BCUT2D eigenvalue weighted by atomic mass is 9.75. The first-order chi connectivity index (χ1) is 7.46. The largest absolute Gasteiger partial charge is 0.327 e. The van der Waals surface area contributed by atoms with Crippen molar-refractivity contribution in [2.45, 2.75) is 56.5 Å². The number of rotatable bonds is 2. The van der Waals surface area contributed by atoms with Gasteiger partial charge in [-0.25, -0.2) is 4.98 Å².